The maximum absolute atomic E-state index is 6.50. The van der Waals surface area contributed by atoms with Crippen molar-refractivity contribution in [3.05, 3.63) is 168 Å². The van der Waals surface area contributed by atoms with E-state index in [1.807, 2.05) is 30.3 Å². The summed E-state index contributed by atoms with van der Waals surface area (Å²) in [5.41, 5.74) is 14.0. The number of furan rings is 1. The van der Waals surface area contributed by atoms with Crippen LogP contribution in [0.15, 0.2) is 144 Å². The summed E-state index contributed by atoms with van der Waals surface area (Å²) in [6.07, 6.45) is 3.24. The van der Waals surface area contributed by atoms with E-state index < -0.39 is 8.07 Å². The molecule has 1 radical (unpaired) electrons. The molecule has 0 unspecified atom stereocenters. The number of hydrogen-bond acceptors (Lipinski definition) is 3. The average Bonchev–Trinajstić information content (AvgIpc) is 3.79. The van der Waals surface area contributed by atoms with Crippen LogP contribution in [0.5, 0.6) is 0 Å². The smallest absolute Gasteiger partial charge is 0.121 e. The van der Waals surface area contributed by atoms with Crippen LogP contribution in [0, 0.1) is 25.0 Å². The Bertz CT molecular complexity index is 2920. The topological polar surface area (TPSA) is 43.9 Å². The fourth-order valence-corrected chi connectivity index (χ4v) is 9.57. The van der Waals surface area contributed by atoms with Gasteiger partial charge in [0.1, 0.15) is 5.58 Å². The monoisotopic (exact) mass is 980 g/mol. The Labute approximate surface area is 370 Å². The van der Waals surface area contributed by atoms with E-state index in [1.54, 1.807) is 0 Å². The van der Waals surface area contributed by atoms with Crippen molar-refractivity contribution in [2.45, 2.75) is 73.0 Å². The van der Waals surface area contributed by atoms with Gasteiger partial charge in [0.2, 0.25) is 0 Å². The number of hydrogen-bond donors (Lipinski definition) is 0. The van der Waals surface area contributed by atoms with E-state index in [1.165, 1.54) is 33.0 Å². The quantitative estimate of drug-likeness (QED) is 0.118. The second-order valence-electron chi connectivity index (χ2n) is 18.2. The number of imidazole rings is 1. The fraction of sp³-hybridized carbons (Fsp3) is 0.222. The normalized spacial score (nSPS) is 11.8. The Morgan fingerprint density at radius 3 is 2.23 bits per heavy atom. The number of para-hydroxylation sites is 2. The van der Waals surface area contributed by atoms with Gasteiger partial charge >= 0.3 is 0 Å². The van der Waals surface area contributed by atoms with Crippen LogP contribution in [0.25, 0.3) is 72.4 Å². The molecule has 0 saturated heterocycles. The maximum atomic E-state index is 6.50. The number of fused-ring (bicyclic) bond motifs is 4. The molecule has 9 rings (SSSR count). The first-order valence-corrected chi connectivity index (χ1v) is 24.2. The minimum absolute atomic E-state index is 0. The molecule has 4 nitrogen and oxygen atoms in total. The SMILES string of the molecule is CC(C)Cc1cc(-c2[c-]cccc2)ncc1[Si](C)(C)C.Cc1ccc2c(c1)oc1c(-c3nc4ccccc4n3-c3ccc(C(C)(C)C)cc3-c3ccccc3)[c-]ccc12.[Ir]. The van der Waals surface area contributed by atoms with E-state index >= 15 is 0 Å². The zero-order valence-electron chi connectivity index (χ0n) is 36.1. The molecular formula is C54H53IrN3OSi-2. The van der Waals surface area contributed by atoms with Crippen molar-refractivity contribution in [2.75, 3.05) is 0 Å². The molecule has 305 valence electrons. The van der Waals surface area contributed by atoms with Crippen molar-refractivity contribution in [3.63, 3.8) is 0 Å². The molecule has 0 amide bonds. The van der Waals surface area contributed by atoms with Crippen molar-refractivity contribution in [2.24, 2.45) is 5.92 Å². The number of benzene rings is 6. The number of pyridine rings is 1. The summed E-state index contributed by atoms with van der Waals surface area (Å²) in [6, 6.07) is 53.3. The molecule has 0 spiro atoms. The van der Waals surface area contributed by atoms with E-state index in [4.69, 9.17) is 9.40 Å². The van der Waals surface area contributed by atoms with E-state index in [-0.39, 0.29) is 25.5 Å². The first-order chi connectivity index (χ1) is 28.3. The van der Waals surface area contributed by atoms with Gasteiger partial charge in [-0.1, -0.05) is 138 Å². The van der Waals surface area contributed by atoms with Gasteiger partial charge in [0.05, 0.1) is 30.5 Å². The Morgan fingerprint density at radius 1 is 0.767 bits per heavy atom. The van der Waals surface area contributed by atoms with Crippen molar-refractivity contribution in [3.8, 4) is 39.5 Å². The fourth-order valence-electron chi connectivity index (χ4n) is 7.98. The van der Waals surface area contributed by atoms with Gasteiger partial charge < -0.3 is 14.0 Å². The van der Waals surface area contributed by atoms with Crippen LogP contribution in [0.3, 0.4) is 0 Å². The van der Waals surface area contributed by atoms with Gasteiger partial charge in [0.15, 0.2) is 0 Å². The molecule has 0 aliphatic carbocycles. The van der Waals surface area contributed by atoms with Crippen LogP contribution in [0.2, 0.25) is 19.6 Å². The minimum Gasteiger partial charge on any atom is -0.501 e. The maximum Gasteiger partial charge on any atom is 0.121 e. The van der Waals surface area contributed by atoms with Crippen LogP contribution in [-0.2, 0) is 31.9 Å². The number of aromatic nitrogens is 3. The summed E-state index contributed by atoms with van der Waals surface area (Å²) in [7, 11) is -1.34. The van der Waals surface area contributed by atoms with Crippen molar-refractivity contribution in [1.29, 1.82) is 0 Å². The van der Waals surface area contributed by atoms with Gasteiger partial charge in [-0.05, 0) is 82.6 Å². The molecule has 3 aromatic heterocycles. The van der Waals surface area contributed by atoms with Crippen LogP contribution < -0.4 is 5.19 Å². The Morgan fingerprint density at radius 2 is 1.52 bits per heavy atom. The number of aryl methyl sites for hydroxylation is 1. The molecule has 0 N–H and O–H groups in total. The molecule has 0 bridgehead atoms. The van der Waals surface area contributed by atoms with E-state index in [9.17, 15) is 0 Å². The molecule has 3 heterocycles. The predicted molar refractivity (Wildman–Crippen MR) is 252 cm³/mol. The van der Waals surface area contributed by atoms with Gasteiger partial charge in [0, 0.05) is 42.9 Å². The van der Waals surface area contributed by atoms with Crippen LogP contribution >= 0.6 is 0 Å². The first kappa shape index (κ1) is 42.7. The molecule has 0 aliphatic rings. The van der Waals surface area contributed by atoms with Gasteiger partial charge in [-0.25, -0.2) is 0 Å². The van der Waals surface area contributed by atoms with Gasteiger partial charge in [-0.3, -0.25) is 4.98 Å². The van der Waals surface area contributed by atoms with Gasteiger partial charge in [-0.2, -0.15) is 0 Å². The van der Waals surface area contributed by atoms with Gasteiger partial charge in [0.25, 0.3) is 0 Å². The summed E-state index contributed by atoms with van der Waals surface area (Å²) >= 11 is 0. The third kappa shape index (κ3) is 8.74. The summed E-state index contributed by atoms with van der Waals surface area (Å²) in [5.74, 6) is 1.48. The van der Waals surface area contributed by atoms with Crippen molar-refractivity contribution < 1.29 is 24.5 Å². The molecule has 0 fully saturated rings. The number of nitrogens with zero attached hydrogens (tertiary/aromatic N) is 3. The van der Waals surface area contributed by atoms with Crippen LogP contribution in [-0.4, -0.2) is 22.6 Å². The zero-order valence-corrected chi connectivity index (χ0v) is 39.5. The van der Waals surface area contributed by atoms with Crippen molar-refractivity contribution in [1.82, 2.24) is 14.5 Å². The molecule has 0 aliphatic heterocycles. The summed E-state index contributed by atoms with van der Waals surface area (Å²) < 4.78 is 8.77. The zero-order chi connectivity index (χ0) is 41.5. The molecule has 9 aromatic rings. The van der Waals surface area contributed by atoms with Crippen molar-refractivity contribution >= 4 is 46.2 Å². The van der Waals surface area contributed by atoms with E-state index in [0.29, 0.717) is 5.92 Å². The molecule has 6 aromatic carbocycles. The third-order valence-electron chi connectivity index (χ3n) is 11.0. The number of rotatable bonds is 7. The van der Waals surface area contributed by atoms with E-state index in [0.717, 1.165) is 67.7 Å². The summed E-state index contributed by atoms with van der Waals surface area (Å²) in [4.78, 5) is 9.86. The Hall–Kier alpha value is -5.39. The second kappa shape index (κ2) is 17.3. The Balaban J connectivity index is 0.000000220. The molecule has 6 heteroatoms. The van der Waals surface area contributed by atoms with Gasteiger partial charge in [-0.15, -0.1) is 54.1 Å². The molecule has 0 saturated carbocycles. The van der Waals surface area contributed by atoms with Crippen LogP contribution in [0.1, 0.15) is 51.3 Å². The minimum atomic E-state index is -1.34. The predicted octanol–water partition coefficient (Wildman–Crippen LogP) is 14.0. The van der Waals surface area contributed by atoms with E-state index in [2.05, 4.69) is 192 Å². The summed E-state index contributed by atoms with van der Waals surface area (Å²) in [6.45, 7) is 20.6. The Kier molecular flexibility index (Phi) is 12.3. The molecule has 60 heavy (non-hydrogen) atoms. The standard InChI is InChI=1S/C36H29N2O.C18H24NSi.Ir/c1-23-17-19-26-27-13-10-14-28(34(27)39-33(26)21-23)35-37-30-15-8-9-16-32(30)38(35)31-20-18-25(36(2,3)4)22-29(31)24-11-6-5-7-12-24;1-14(2)11-16-12-17(15-9-7-6-8-10-15)19-13-18(16)20(3,4)5;/h5-13,15-22H,1-4H3;6-9,12-14H,11H2,1-5H3;/q2*-1;. The largest absolute Gasteiger partial charge is 0.501 e. The first-order valence-electron chi connectivity index (χ1n) is 20.7. The molecular weight excluding hydrogens is 927 g/mol. The second-order valence-corrected chi connectivity index (χ2v) is 23.2. The third-order valence-corrected chi connectivity index (χ3v) is 13.0. The summed E-state index contributed by atoms with van der Waals surface area (Å²) in [5, 5.41) is 3.67. The molecule has 0 atom stereocenters. The van der Waals surface area contributed by atoms with Crippen LogP contribution in [0.4, 0.5) is 0 Å². The average molecular weight is 980 g/mol.